The monoisotopic (exact) mass is 417 g/mol. The van der Waals surface area contributed by atoms with Crippen molar-refractivity contribution in [1.82, 2.24) is 14.4 Å². The van der Waals surface area contributed by atoms with Gasteiger partial charge < -0.3 is 9.26 Å². The van der Waals surface area contributed by atoms with Gasteiger partial charge in [0.05, 0.1) is 12.0 Å². The minimum Gasteiger partial charge on any atom is -0.492 e. The molecule has 7 nitrogen and oxygen atoms in total. The molecule has 0 saturated carbocycles. The van der Waals surface area contributed by atoms with E-state index < -0.39 is 15.4 Å². The second kappa shape index (κ2) is 7.23. The van der Waals surface area contributed by atoms with E-state index in [0.717, 1.165) is 0 Å². The smallest absolute Gasteiger partial charge is 0.246 e. The maximum Gasteiger partial charge on any atom is 0.246 e. The molecule has 0 amide bonds. The van der Waals surface area contributed by atoms with Gasteiger partial charge in [0.2, 0.25) is 21.7 Å². The topological polar surface area (TPSA) is 85.5 Å². The summed E-state index contributed by atoms with van der Waals surface area (Å²) in [6, 6.07) is 12.3. The third-order valence-electron chi connectivity index (χ3n) is 4.86. The van der Waals surface area contributed by atoms with Gasteiger partial charge in [0.1, 0.15) is 16.5 Å². The fraction of sp³-hybridized carbons (Fsp3) is 0.300. The summed E-state index contributed by atoms with van der Waals surface area (Å²) < 4.78 is 51.4. The first-order valence-electron chi connectivity index (χ1n) is 9.15. The van der Waals surface area contributed by atoms with Gasteiger partial charge in [-0.05, 0) is 50.2 Å². The Hall–Kier alpha value is -2.78. The molecule has 1 aliphatic rings. The number of sulfonamides is 1. The van der Waals surface area contributed by atoms with E-state index in [1.807, 2.05) is 6.92 Å². The number of nitrogens with zero attached hydrogens (tertiary/aromatic N) is 3. The summed E-state index contributed by atoms with van der Waals surface area (Å²) in [6.07, 6.45) is 0. The number of aromatic nitrogens is 2. The predicted molar refractivity (Wildman–Crippen MR) is 103 cm³/mol. The highest BCUT2D eigenvalue weighted by molar-refractivity contribution is 7.89. The average Bonchev–Trinajstić information content (AvgIpc) is 3.17. The summed E-state index contributed by atoms with van der Waals surface area (Å²) >= 11 is 0. The molecule has 1 saturated heterocycles. The van der Waals surface area contributed by atoms with Crippen molar-refractivity contribution in [1.29, 1.82) is 0 Å². The van der Waals surface area contributed by atoms with Crippen LogP contribution < -0.4 is 4.74 Å². The molecule has 0 bridgehead atoms. The van der Waals surface area contributed by atoms with E-state index in [4.69, 9.17) is 9.26 Å². The Morgan fingerprint density at radius 2 is 1.86 bits per heavy atom. The molecule has 1 aromatic heterocycles. The molecule has 152 valence electrons. The highest BCUT2D eigenvalue weighted by Crippen LogP contribution is 2.39. The number of rotatable bonds is 6. The molecule has 4 rings (SSSR count). The van der Waals surface area contributed by atoms with Gasteiger partial charge in [-0.15, -0.1) is 0 Å². The van der Waals surface area contributed by atoms with Crippen LogP contribution in [0, 0.1) is 5.82 Å². The zero-order chi connectivity index (χ0) is 20.6. The SMILES string of the molecule is CCOc1ccccc1S(=O)(=O)N1CC(C)(c2nc(-c3ccc(F)cc3)no2)C1. The second-order valence-corrected chi connectivity index (χ2v) is 9.05. The molecule has 0 atom stereocenters. The number of para-hydroxylation sites is 1. The van der Waals surface area contributed by atoms with Gasteiger partial charge in [-0.3, -0.25) is 0 Å². The largest absolute Gasteiger partial charge is 0.492 e. The zero-order valence-electron chi connectivity index (χ0n) is 16.0. The van der Waals surface area contributed by atoms with E-state index in [9.17, 15) is 12.8 Å². The van der Waals surface area contributed by atoms with Crippen molar-refractivity contribution in [3.63, 3.8) is 0 Å². The van der Waals surface area contributed by atoms with Crippen LogP contribution in [-0.2, 0) is 15.4 Å². The van der Waals surface area contributed by atoms with Crippen molar-refractivity contribution in [2.75, 3.05) is 19.7 Å². The van der Waals surface area contributed by atoms with E-state index in [-0.39, 0.29) is 23.8 Å². The lowest BCUT2D eigenvalue weighted by atomic mass is 9.84. The number of hydrogen-bond acceptors (Lipinski definition) is 6. The lowest BCUT2D eigenvalue weighted by Crippen LogP contribution is -2.59. The number of halogens is 1. The number of hydrogen-bond donors (Lipinski definition) is 0. The molecule has 0 spiro atoms. The summed E-state index contributed by atoms with van der Waals surface area (Å²) in [4.78, 5) is 4.53. The van der Waals surface area contributed by atoms with Gasteiger partial charge in [-0.1, -0.05) is 17.3 Å². The molecule has 0 aliphatic carbocycles. The zero-order valence-corrected chi connectivity index (χ0v) is 16.8. The van der Waals surface area contributed by atoms with E-state index in [0.29, 0.717) is 29.6 Å². The van der Waals surface area contributed by atoms with Gasteiger partial charge >= 0.3 is 0 Å². The molecule has 0 N–H and O–H groups in total. The first-order chi connectivity index (χ1) is 13.8. The molecule has 9 heteroatoms. The average molecular weight is 417 g/mol. The van der Waals surface area contributed by atoms with Crippen LogP contribution in [0.3, 0.4) is 0 Å². The molecule has 0 unspecified atom stereocenters. The Kier molecular flexibility index (Phi) is 4.87. The van der Waals surface area contributed by atoms with Crippen LogP contribution in [0.2, 0.25) is 0 Å². The van der Waals surface area contributed by atoms with Gasteiger partial charge in [-0.25, -0.2) is 12.8 Å². The van der Waals surface area contributed by atoms with E-state index in [1.165, 1.54) is 22.5 Å². The third kappa shape index (κ3) is 3.51. The lowest BCUT2D eigenvalue weighted by molar-refractivity contribution is 0.129. The number of ether oxygens (including phenoxy) is 1. The van der Waals surface area contributed by atoms with E-state index in [2.05, 4.69) is 10.1 Å². The van der Waals surface area contributed by atoms with Crippen molar-refractivity contribution in [3.8, 4) is 17.1 Å². The van der Waals surface area contributed by atoms with Crippen LogP contribution in [0.15, 0.2) is 57.9 Å². The summed E-state index contributed by atoms with van der Waals surface area (Å²) in [5.41, 5.74) is 0.0262. The van der Waals surface area contributed by atoms with Gasteiger partial charge in [0.25, 0.3) is 0 Å². The van der Waals surface area contributed by atoms with Crippen LogP contribution in [0.1, 0.15) is 19.7 Å². The standard InChI is InChI=1S/C20H20FN3O4S/c1-3-27-16-6-4-5-7-17(16)29(25,26)24-12-20(2,13-24)19-22-18(23-28-19)14-8-10-15(21)11-9-14/h4-11H,3,12-13H2,1-2H3. The summed E-state index contributed by atoms with van der Waals surface area (Å²) in [6.45, 7) is 4.47. The first-order valence-corrected chi connectivity index (χ1v) is 10.6. The fourth-order valence-corrected chi connectivity index (χ4v) is 5.12. The molecule has 0 radical (unpaired) electrons. The minimum absolute atomic E-state index is 0.140. The maximum atomic E-state index is 13.1. The Bertz CT molecular complexity index is 1120. The van der Waals surface area contributed by atoms with Gasteiger partial charge in [-0.2, -0.15) is 9.29 Å². The minimum atomic E-state index is -3.71. The van der Waals surface area contributed by atoms with Crippen molar-refractivity contribution in [2.24, 2.45) is 0 Å². The maximum absolute atomic E-state index is 13.1. The molecular weight excluding hydrogens is 397 g/mol. The Morgan fingerprint density at radius 3 is 2.55 bits per heavy atom. The highest BCUT2D eigenvalue weighted by Gasteiger charge is 2.50. The van der Waals surface area contributed by atoms with Crippen LogP contribution in [0.4, 0.5) is 4.39 Å². The van der Waals surface area contributed by atoms with Gasteiger partial charge in [0, 0.05) is 18.7 Å². The number of benzene rings is 2. The highest BCUT2D eigenvalue weighted by atomic mass is 32.2. The molecule has 2 aromatic carbocycles. The summed E-state index contributed by atoms with van der Waals surface area (Å²) in [7, 11) is -3.71. The van der Waals surface area contributed by atoms with E-state index >= 15 is 0 Å². The van der Waals surface area contributed by atoms with Crippen LogP contribution in [0.5, 0.6) is 5.75 Å². The van der Waals surface area contributed by atoms with Crippen molar-refractivity contribution >= 4 is 10.0 Å². The van der Waals surface area contributed by atoms with Crippen LogP contribution in [0.25, 0.3) is 11.4 Å². The molecule has 3 aromatic rings. The molecule has 29 heavy (non-hydrogen) atoms. The molecule has 1 aliphatic heterocycles. The predicted octanol–water partition coefficient (Wildman–Crippen LogP) is 3.24. The Morgan fingerprint density at radius 1 is 1.17 bits per heavy atom. The van der Waals surface area contributed by atoms with Crippen LogP contribution in [-0.4, -0.2) is 42.6 Å². The molecular formula is C20H20FN3O4S. The quantitative estimate of drug-likeness (QED) is 0.612. The molecule has 1 fully saturated rings. The lowest BCUT2D eigenvalue weighted by Gasteiger charge is -2.44. The van der Waals surface area contributed by atoms with Crippen molar-refractivity contribution in [3.05, 3.63) is 60.2 Å². The molecule has 2 heterocycles. The van der Waals surface area contributed by atoms with E-state index in [1.54, 1.807) is 37.3 Å². The fourth-order valence-electron chi connectivity index (χ4n) is 3.30. The first kappa shape index (κ1) is 19.5. The Balaban J connectivity index is 1.54. The van der Waals surface area contributed by atoms with Crippen LogP contribution >= 0.6 is 0 Å². The van der Waals surface area contributed by atoms with Crippen molar-refractivity contribution < 1.29 is 22.1 Å². The van der Waals surface area contributed by atoms with Gasteiger partial charge in [0.15, 0.2) is 0 Å². The summed E-state index contributed by atoms with van der Waals surface area (Å²) in [5.74, 6) is 0.669. The Labute approximate surface area is 168 Å². The van der Waals surface area contributed by atoms with Crippen molar-refractivity contribution in [2.45, 2.75) is 24.2 Å². The second-order valence-electron chi connectivity index (χ2n) is 7.14. The normalized spacial score (nSPS) is 16.4. The summed E-state index contributed by atoms with van der Waals surface area (Å²) in [5, 5.41) is 3.95. The third-order valence-corrected chi connectivity index (χ3v) is 6.69.